The molecular formula is C24H28BNO4. The Morgan fingerprint density at radius 1 is 0.700 bits per heavy atom. The molecule has 0 atom stereocenters. The number of pyridine rings is 1. The number of hydrogen-bond acceptors (Lipinski definition) is 5. The molecule has 1 heterocycles. The Labute approximate surface area is 177 Å². The summed E-state index contributed by atoms with van der Waals surface area (Å²) < 4.78 is 0. The van der Waals surface area contributed by atoms with E-state index in [-0.39, 0.29) is 33.0 Å². The van der Waals surface area contributed by atoms with Gasteiger partial charge in [0.1, 0.15) is 7.85 Å². The molecule has 0 amide bonds. The monoisotopic (exact) mass is 405 g/mol. The van der Waals surface area contributed by atoms with Crippen molar-refractivity contribution in [1.82, 2.24) is 4.98 Å². The van der Waals surface area contributed by atoms with Gasteiger partial charge in [-0.1, -0.05) is 47.6 Å². The number of aromatic nitrogens is 1. The van der Waals surface area contributed by atoms with Crippen LogP contribution in [0, 0.1) is 5.41 Å². The molecule has 3 aromatic rings. The first-order chi connectivity index (χ1) is 13.7. The van der Waals surface area contributed by atoms with Gasteiger partial charge in [-0.05, 0) is 44.9 Å². The fourth-order valence-electron chi connectivity index (χ4n) is 4.88. The van der Waals surface area contributed by atoms with Gasteiger partial charge in [-0.15, -0.1) is 0 Å². The highest BCUT2D eigenvalue weighted by Gasteiger charge is 2.56. The molecule has 0 fully saturated rings. The van der Waals surface area contributed by atoms with E-state index >= 15 is 0 Å². The van der Waals surface area contributed by atoms with Gasteiger partial charge < -0.3 is 20.4 Å². The van der Waals surface area contributed by atoms with Gasteiger partial charge in [0.2, 0.25) is 0 Å². The minimum Gasteiger partial charge on any atom is -0.505 e. The fourth-order valence-corrected chi connectivity index (χ4v) is 4.88. The number of hydrogen-bond donors (Lipinski definition) is 4. The van der Waals surface area contributed by atoms with E-state index in [2.05, 4.69) is 58.7 Å². The van der Waals surface area contributed by atoms with Crippen LogP contribution in [0.4, 0.5) is 0 Å². The summed E-state index contributed by atoms with van der Waals surface area (Å²) in [5.74, 6) is -1.95. The van der Waals surface area contributed by atoms with Gasteiger partial charge in [-0.3, -0.25) is 4.98 Å². The molecule has 0 aliphatic heterocycles. The first-order valence-electron chi connectivity index (χ1n) is 10.1. The van der Waals surface area contributed by atoms with Crippen molar-refractivity contribution in [2.45, 2.75) is 52.4 Å². The second-order valence-corrected chi connectivity index (χ2v) is 10.1. The molecule has 5 nitrogen and oxygen atoms in total. The van der Waals surface area contributed by atoms with Gasteiger partial charge >= 0.3 is 0 Å². The molecule has 2 aromatic carbocycles. The normalized spacial score (nSPS) is 18.5. The zero-order valence-electron chi connectivity index (χ0n) is 18.5. The van der Waals surface area contributed by atoms with Crippen molar-refractivity contribution in [2.24, 2.45) is 5.41 Å². The molecule has 6 heteroatoms. The Morgan fingerprint density at radius 3 is 1.67 bits per heavy atom. The van der Waals surface area contributed by atoms with Crippen LogP contribution in [-0.4, -0.2) is 33.3 Å². The highest BCUT2D eigenvalue weighted by molar-refractivity contribution is 6.37. The van der Waals surface area contributed by atoms with Crippen molar-refractivity contribution >= 4 is 24.1 Å². The number of benzene rings is 2. The van der Waals surface area contributed by atoms with E-state index in [4.69, 9.17) is 0 Å². The minimum atomic E-state index is -0.501. The second-order valence-electron chi connectivity index (χ2n) is 10.1. The summed E-state index contributed by atoms with van der Waals surface area (Å²) in [5, 5.41) is 43.0. The largest absolute Gasteiger partial charge is 0.505 e. The van der Waals surface area contributed by atoms with Crippen molar-refractivity contribution in [3.05, 3.63) is 35.5 Å². The van der Waals surface area contributed by atoms with E-state index in [0.29, 0.717) is 0 Å². The number of aromatic hydroxyl groups is 4. The smallest absolute Gasteiger partial charge is 0.170 e. The zero-order chi connectivity index (χ0) is 22.4. The summed E-state index contributed by atoms with van der Waals surface area (Å²) in [6.45, 7) is 13.7. The van der Waals surface area contributed by atoms with E-state index in [1.54, 1.807) is 12.3 Å². The molecule has 1 aromatic heterocycles. The van der Waals surface area contributed by atoms with Crippen LogP contribution in [0.3, 0.4) is 0 Å². The van der Waals surface area contributed by atoms with E-state index in [1.165, 1.54) is 19.0 Å². The summed E-state index contributed by atoms with van der Waals surface area (Å²) in [6, 6.07) is 6.11. The van der Waals surface area contributed by atoms with Gasteiger partial charge in [-0.2, -0.15) is 0 Å². The maximum Gasteiger partial charge on any atom is 0.170 e. The summed E-state index contributed by atoms with van der Waals surface area (Å²) >= 11 is 0. The lowest BCUT2D eigenvalue weighted by molar-refractivity contribution is 0.125. The maximum absolute atomic E-state index is 10.4. The van der Waals surface area contributed by atoms with Crippen molar-refractivity contribution in [3.8, 4) is 34.3 Å². The Balaban J connectivity index is 2.00. The highest BCUT2D eigenvalue weighted by Crippen LogP contribution is 2.62. The molecule has 0 spiro atoms. The van der Waals surface area contributed by atoms with Gasteiger partial charge in [0.25, 0.3) is 0 Å². The van der Waals surface area contributed by atoms with Crippen molar-refractivity contribution < 1.29 is 20.4 Å². The van der Waals surface area contributed by atoms with Gasteiger partial charge in [0.05, 0.1) is 11.3 Å². The van der Waals surface area contributed by atoms with Crippen molar-refractivity contribution in [3.63, 3.8) is 0 Å². The van der Waals surface area contributed by atoms with Crippen LogP contribution < -0.4 is 5.46 Å². The van der Waals surface area contributed by atoms with E-state index < -0.39 is 23.0 Å². The van der Waals surface area contributed by atoms with Crippen molar-refractivity contribution in [1.29, 1.82) is 0 Å². The third-order valence-corrected chi connectivity index (χ3v) is 8.22. The maximum atomic E-state index is 10.4. The number of fused-ring (bicyclic) bond motifs is 2. The average molecular weight is 405 g/mol. The predicted molar refractivity (Wildman–Crippen MR) is 122 cm³/mol. The van der Waals surface area contributed by atoms with E-state index in [1.807, 2.05) is 0 Å². The van der Waals surface area contributed by atoms with Gasteiger partial charge in [0, 0.05) is 17.0 Å². The zero-order valence-corrected chi connectivity index (χ0v) is 18.5. The molecule has 0 saturated heterocycles. The third kappa shape index (κ3) is 2.28. The lowest BCUT2D eigenvalue weighted by Gasteiger charge is -2.44. The predicted octanol–water partition coefficient (Wildman–Crippen LogP) is 3.58. The van der Waals surface area contributed by atoms with Crippen LogP contribution in [0.25, 0.3) is 22.0 Å². The van der Waals surface area contributed by atoms with Crippen LogP contribution in [0.1, 0.15) is 52.7 Å². The Morgan fingerprint density at radius 2 is 1.17 bits per heavy atom. The second kappa shape index (κ2) is 5.84. The molecule has 0 unspecified atom stereocenters. The molecule has 0 radical (unpaired) electrons. The van der Waals surface area contributed by atoms with Crippen LogP contribution >= 0.6 is 0 Å². The SMILES string of the molecule is Bc1c(O)c(O)c(-c2cc3cc4c(cc3cn2)C(C)(C)C(C)(C)C4(C)C)c(O)c1O. The quantitative estimate of drug-likeness (QED) is 0.282. The first-order valence-corrected chi connectivity index (χ1v) is 10.1. The van der Waals surface area contributed by atoms with Crippen LogP contribution in [0.2, 0.25) is 0 Å². The molecule has 0 bridgehead atoms. The molecule has 0 saturated carbocycles. The summed E-state index contributed by atoms with van der Waals surface area (Å²) in [7, 11) is 1.41. The molecule has 30 heavy (non-hydrogen) atoms. The number of phenols is 4. The molecule has 156 valence electrons. The van der Waals surface area contributed by atoms with E-state index in [0.717, 1.165) is 10.8 Å². The van der Waals surface area contributed by atoms with Crippen LogP contribution in [0.15, 0.2) is 24.4 Å². The Hall–Kier alpha value is -2.89. The highest BCUT2D eigenvalue weighted by atomic mass is 16.3. The van der Waals surface area contributed by atoms with E-state index in [9.17, 15) is 20.4 Å². The lowest BCUT2D eigenvalue weighted by Crippen LogP contribution is -2.42. The standard InChI is InChI=1S/C24H28BNO4/c1-22(2)13-7-11-9-15(16-18(27)20(29)17(25)21(30)19(16)28)26-10-12(11)8-14(13)23(3,4)24(22,5)6/h7-10,27-30H,25H2,1-6H3. The van der Waals surface area contributed by atoms with Crippen LogP contribution in [-0.2, 0) is 10.8 Å². The number of phenolic OH excluding ortho intramolecular Hbond substituents is 4. The summed E-state index contributed by atoms with van der Waals surface area (Å²) in [4.78, 5) is 4.41. The molecule has 4 rings (SSSR count). The lowest BCUT2D eigenvalue weighted by atomic mass is 9.59. The summed E-state index contributed by atoms with van der Waals surface area (Å²) in [5.41, 5.74) is 2.72. The fraction of sp³-hybridized carbons (Fsp3) is 0.375. The first kappa shape index (κ1) is 20.4. The average Bonchev–Trinajstić information content (AvgIpc) is 2.78. The Kier molecular flexibility index (Phi) is 3.97. The molecule has 1 aliphatic carbocycles. The minimum absolute atomic E-state index is 0.0126. The Bertz CT molecular complexity index is 1200. The van der Waals surface area contributed by atoms with Gasteiger partial charge in [-0.25, -0.2) is 0 Å². The number of nitrogens with zero attached hydrogens (tertiary/aromatic N) is 1. The molecule has 4 N–H and O–H groups in total. The third-order valence-electron chi connectivity index (χ3n) is 8.22. The molecular weight excluding hydrogens is 377 g/mol. The van der Waals surface area contributed by atoms with Crippen LogP contribution in [0.5, 0.6) is 23.0 Å². The molecule has 1 aliphatic rings. The topological polar surface area (TPSA) is 93.8 Å². The van der Waals surface area contributed by atoms with Gasteiger partial charge in [0.15, 0.2) is 23.0 Å². The number of rotatable bonds is 1. The summed E-state index contributed by atoms with van der Waals surface area (Å²) in [6.07, 6.45) is 1.70. The van der Waals surface area contributed by atoms with Crippen molar-refractivity contribution in [2.75, 3.05) is 0 Å².